The molecule has 2 atom stereocenters. The van der Waals surface area contributed by atoms with Crippen molar-refractivity contribution in [1.29, 1.82) is 0 Å². The van der Waals surface area contributed by atoms with Crippen LogP contribution in [-0.4, -0.2) is 22.5 Å². The van der Waals surface area contributed by atoms with Crippen LogP contribution in [0.4, 0.5) is 5.69 Å². The zero-order valence-corrected chi connectivity index (χ0v) is 11.4. The number of hydrogen-bond donors (Lipinski definition) is 1. The van der Waals surface area contributed by atoms with Gasteiger partial charge in [0.05, 0.1) is 5.52 Å². The summed E-state index contributed by atoms with van der Waals surface area (Å²) in [5, 5.41) is 5.75. The number of fused-ring (bicyclic) bond motifs is 1. The number of thioether (sulfide) groups is 1. The van der Waals surface area contributed by atoms with E-state index in [2.05, 4.69) is 40.8 Å². The summed E-state index contributed by atoms with van der Waals surface area (Å²) < 4.78 is 0. The molecule has 0 bridgehead atoms. The summed E-state index contributed by atoms with van der Waals surface area (Å²) in [4.78, 5) is 4.40. The number of nitrogens with one attached hydrogen (secondary N) is 1. The zero-order valence-electron chi connectivity index (χ0n) is 10.6. The molecule has 1 aromatic carbocycles. The lowest BCUT2D eigenvalue weighted by Crippen LogP contribution is -2.16. The van der Waals surface area contributed by atoms with Crippen molar-refractivity contribution < 1.29 is 0 Å². The highest BCUT2D eigenvalue weighted by Gasteiger charge is 2.23. The van der Waals surface area contributed by atoms with Gasteiger partial charge in [0, 0.05) is 28.6 Å². The van der Waals surface area contributed by atoms with Crippen molar-refractivity contribution in [2.24, 2.45) is 0 Å². The molecule has 1 aromatic heterocycles. The molecule has 0 amide bonds. The van der Waals surface area contributed by atoms with Gasteiger partial charge >= 0.3 is 0 Å². The third kappa shape index (κ3) is 2.32. The highest BCUT2D eigenvalue weighted by atomic mass is 32.2. The number of para-hydroxylation sites is 1. The van der Waals surface area contributed by atoms with Crippen LogP contribution in [0.3, 0.4) is 0 Å². The van der Waals surface area contributed by atoms with Gasteiger partial charge in [-0.1, -0.05) is 18.2 Å². The Morgan fingerprint density at radius 3 is 2.94 bits per heavy atom. The number of aromatic nitrogens is 1. The van der Waals surface area contributed by atoms with E-state index < -0.39 is 0 Å². The van der Waals surface area contributed by atoms with Crippen LogP contribution >= 0.6 is 11.8 Å². The van der Waals surface area contributed by atoms with Gasteiger partial charge < -0.3 is 5.32 Å². The maximum absolute atomic E-state index is 4.40. The minimum absolute atomic E-state index is 0.619. The Morgan fingerprint density at radius 1 is 1.22 bits per heavy atom. The van der Waals surface area contributed by atoms with Crippen LogP contribution < -0.4 is 5.32 Å². The molecule has 3 heteroatoms. The first kappa shape index (κ1) is 11.8. The quantitative estimate of drug-likeness (QED) is 0.903. The highest BCUT2D eigenvalue weighted by Crippen LogP contribution is 2.31. The summed E-state index contributed by atoms with van der Waals surface area (Å²) in [5.41, 5.74) is 2.30. The van der Waals surface area contributed by atoms with Gasteiger partial charge in [0.15, 0.2) is 0 Å². The molecule has 3 rings (SSSR count). The Bertz CT molecular complexity index is 536. The van der Waals surface area contributed by atoms with E-state index in [0.717, 1.165) is 10.8 Å². The van der Waals surface area contributed by atoms with Gasteiger partial charge in [-0.3, -0.25) is 4.98 Å². The van der Waals surface area contributed by atoms with Crippen LogP contribution in [-0.2, 0) is 0 Å². The van der Waals surface area contributed by atoms with E-state index in [0.29, 0.717) is 6.04 Å². The van der Waals surface area contributed by atoms with E-state index in [9.17, 15) is 0 Å². The first-order chi connectivity index (χ1) is 8.86. The molecule has 0 saturated heterocycles. The zero-order chi connectivity index (χ0) is 12.4. The largest absolute Gasteiger partial charge is 0.382 e. The third-order valence-electron chi connectivity index (χ3n) is 3.73. The Morgan fingerprint density at radius 2 is 2.11 bits per heavy atom. The van der Waals surface area contributed by atoms with Gasteiger partial charge in [-0.15, -0.1) is 0 Å². The molecule has 18 heavy (non-hydrogen) atoms. The second kappa shape index (κ2) is 5.19. The standard InChI is InChI=1S/C15H18N2S/c1-18-12-7-6-11(10-12)17-15-8-9-16-14-5-3-2-4-13(14)15/h2-5,8-9,11-12H,6-7,10H2,1H3,(H,16,17). The number of nitrogens with zero attached hydrogens (tertiary/aromatic N) is 1. The van der Waals surface area contributed by atoms with E-state index in [-0.39, 0.29) is 0 Å². The fourth-order valence-corrected chi connectivity index (χ4v) is 3.52. The fraction of sp³-hybridized carbons (Fsp3) is 0.400. The number of benzene rings is 1. The third-order valence-corrected chi connectivity index (χ3v) is 4.82. The second-order valence-corrected chi connectivity index (χ2v) is 6.03. The molecule has 94 valence electrons. The molecule has 1 aliphatic rings. The second-order valence-electron chi connectivity index (χ2n) is 4.89. The van der Waals surface area contributed by atoms with Gasteiger partial charge in [0.1, 0.15) is 0 Å². The molecule has 1 aliphatic carbocycles. The van der Waals surface area contributed by atoms with E-state index >= 15 is 0 Å². The minimum Gasteiger partial charge on any atom is -0.382 e. The Balaban J connectivity index is 1.83. The topological polar surface area (TPSA) is 24.9 Å². The lowest BCUT2D eigenvalue weighted by Gasteiger charge is -2.15. The van der Waals surface area contributed by atoms with Gasteiger partial charge in [-0.25, -0.2) is 0 Å². The monoisotopic (exact) mass is 258 g/mol. The maximum Gasteiger partial charge on any atom is 0.0722 e. The van der Waals surface area contributed by atoms with E-state index in [1.165, 1.54) is 30.3 Å². The smallest absolute Gasteiger partial charge is 0.0722 e. The number of anilines is 1. The summed E-state index contributed by atoms with van der Waals surface area (Å²) in [7, 11) is 0. The van der Waals surface area contributed by atoms with Crippen molar-refractivity contribution in [3.8, 4) is 0 Å². The molecule has 1 heterocycles. The lowest BCUT2D eigenvalue weighted by molar-refractivity contribution is 0.758. The molecule has 1 saturated carbocycles. The molecule has 0 spiro atoms. The molecular formula is C15H18N2S. The van der Waals surface area contributed by atoms with Crippen molar-refractivity contribution in [2.45, 2.75) is 30.6 Å². The van der Waals surface area contributed by atoms with Crippen molar-refractivity contribution in [3.05, 3.63) is 36.5 Å². The Kier molecular flexibility index (Phi) is 3.41. The molecule has 1 N–H and O–H groups in total. The van der Waals surface area contributed by atoms with Crippen molar-refractivity contribution >= 4 is 28.4 Å². The van der Waals surface area contributed by atoms with Crippen molar-refractivity contribution in [2.75, 3.05) is 11.6 Å². The maximum atomic E-state index is 4.40. The predicted octanol–water partition coefficient (Wildman–Crippen LogP) is 3.93. The van der Waals surface area contributed by atoms with E-state index in [1.54, 1.807) is 0 Å². The molecule has 0 aliphatic heterocycles. The normalized spacial score (nSPS) is 23.4. The average molecular weight is 258 g/mol. The lowest BCUT2D eigenvalue weighted by atomic mass is 10.1. The van der Waals surface area contributed by atoms with Crippen molar-refractivity contribution in [1.82, 2.24) is 4.98 Å². The SMILES string of the molecule is CSC1CCC(Nc2ccnc3ccccc23)C1. The molecule has 1 fully saturated rings. The fourth-order valence-electron chi connectivity index (χ4n) is 2.73. The van der Waals surface area contributed by atoms with Crippen LogP contribution in [0.5, 0.6) is 0 Å². The minimum atomic E-state index is 0.619. The summed E-state index contributed by atoms with van der Waals surface area (Å²) in [6.07, 6.45) is 8.00. The molecule has 2 aromatic rings. The number of rotatable bonds is 3. The summed E-state index contributed by atoms with van der Waals surface area (Å²) in [5.74, 6) is 0. The number of pyridine rings is 1. The Hall–Kier alpha value is -1.22. The van der Waals surface area contributed by atoms with E-state index in [1.807, 2.05) is 24.0 Å². The average Bonchev–Trinajstić information content (AvgIpc) is 2.87. The first-order valence-corrected chi connectivity index (χ1v) is 7.78. The van der Waals surface area contributed by atoms with Gasteiger partial charge in [0.25, 0.3) is 0 Å². The predicted molar refractivity (Wildman–Crippen MR) is 80.3 cm³/mol. The van der Waals surface area contributed by atoms with Crippen LogP contribution in [0.2, 0.25) is 0 Å². The van der Waals surface area contributed by atoms with Gasteiger partial charge in [-0.2, -0.15) is 11.8 Å². The molecule has 2 unspecified atom stereocenters. The van der Waals surface area contributed by atoms with E-state index in [4.69, 9.17) is 0 Å². The Labute approximate surface area is 112 Å². The van der Waals surface area contributed by atoms with Gasteiger partial charge in [0.2, 0.25) is 0 Å². The van der Waals surface area contributed by atoms with Crippen LogP contribution in [0.25, 0.3) is 10.9 Å². The van der Waals surface area contributed by atoms with Crippen LogP contribution in [0.15, 0.2) is 36.5 Å². The summed E-state index contributed by atoms with van der Waals surface area (Å²) in [6, 6.07) is 11.0. The van der Waals surface area contributed by atoms with Crippen LogP contribution in [0.1, 0.15) is 19.3 Å². The van der Waals surface area contributed by atoms with Crippen LogP contribution in [0, 0.1) is 0 Å². The van der Waals surface area contributed by atoms with Gasteiger partial charge in [-0.05, 0) is 37.7 Å². The highest BCUT2D eigenvalue weighted by molar-refractivity contribution is 7.99. The summed E-state index contributed by atoms with van der Waals surface area (Å²) >= 11 is 2.00. The first-order valence-electron chi connectivity index (χ1n) is 6.50. The number of hydrogen-bond acceptors (Lipinski definition) is 3. The van der Waals surface area contributed by atoms with Crippen molar-refractivity contribution in [3.63, 3.8) is 0 Å². The molecule has 0 radical (unpaired) electrons. The summed E-state index contributed by atoms with van der Waals surface area (Å²) in [6.45, 7) is 0. The molecular weight excluding hydrogens is 240 g/mol. The molecule has 2 nitrogen and oxygen atoms in total.